The fourth-order valence-corrected chi connectivity index (χ4v) is 5.70. The monoisotopic (exact) mass is 529 g/mol. The predicted octanol–water partition coefficient (Wildman–Crippen LogP) is 3.97. The van der Waals surface area contributed by atoms with Crippen LogP contribution >= 0.6 is 0 Å². The summed E-state index contributed by atoms with van der Waals surface area (Å²) in [6, 6.07) is 21.0. The maximum Gasteiger partial charge on any atom is 0.254 e. The molecule has 0 bridgehead atoms. The van der Waals surface area contributed by atoms with Crippen molar-refractivity contribution in [3.8, 4) is 17.2 Å². The number of carbonyl (C=O) groups excluding carboxylic acids is 2. The third kappa shape index (κ3) is 5.16. The summed E-state index contributed by atoms with van der Waals surface area (Å²) < 4.78 is 16.4. The maximum absolute atomic E-state index is 14.4. The van der Waals surface area contributed by atoms with Crippen LogP contribution in [0.2, 0.25) is 0 Å². The van der Waals surface area contributed by atoms with Crippen LogP contribution in [0.5, 0.6) is 17.2 Å². The molecule has 2 aliphatic rings. The number of amides is 2. The van der Waals surface area contributed by atoms with Gasteiger partial charge in [-0.05, 0) is 41.0 Å². The number of methoxy groups -OCH3 is 3. The van der Waals surface area contributed by atoms with Gasteiger partial charge in [0.05, 0.1) is 33.3 Å². The van der Waals surface area contributed by atoms with E-state index in [0.29, 0.717) is 41.5 Å². The quantitative estimate of drug-likeness (QED) is 0.461. The van der Waals surface area contributed by atoms with E-state index < -0.39 is 12.0 Å². The van der Waals surface area contributed by atoms with Gasteiger partial charge in [0.25, 0.3) is 5.91 Å². The maximum atomic E-state index is 14.4. The molecule has 204 valence electrons. The molecule has 2 unspecified atom stereocenters. The van der Waals surface area contributed by atoms with Crippen molar-refractivity contribution in [2.45, 2.75) is 18.5 Å². The van der Waals surface area contributed by atoms with Gasteiger partial charge < -0.3 is 24.0 Å². The fraction of sp³-hybridized carbons (Fsp3) is 0.355. The van der Waals surface area contributed by atoms with Gasteiger partial charge in [0, 0.05) is 45.3 Å². The molecule has 1 saturated heterocycles. The van der Waals surface area contributed by atoms with Crippen LogP contribution in [0.4, 0.5) is 0 Å². The molecule has 0 aliphatic carbocycles. The molecular formula is C31H35N3O5. The largest absolute Gasteiger partial charge is 0.497 e. The highest BCUT2D eigenvalue weighted by Crippen LogP contribution is 2.46. The lowest BCUT2D eigenvalue weighted by atomic mass is 9.78. The molecule has 5 rings (SSSR count). The van der Waals surface area contributed by atoms with E-state index in [0.717, 1.165) is 25.2 Å². The Morgan fingerprint density at radius 2 is 1.49 bits per heavy atom. The minimum absolute atomic E-state index is 0.00278. The van der Waals surface area contributed by atoms with Crippen LogP contribution in [0.3, 0.4) is 0 Å². The van der Waals surface area contributed by atoms with Crippen molar-refractivity contribution < 1.29 is 23.8 Å². The lowest BCUT2D eigenvalue weighted by molar-refractivity contribution is -0.136. The standard InChI is InChI=1S/C31H35N3O5/c1-32-29(22-10-12-23(37-2)13-11-22)28(24-18-26(38-3)27(39-4)19-25(24)30(32)35)31(36)34-16-14-33(15-17-34)20-21-8-6-5-7-9-21/h5-13,18-19,28-29H,14-17,20H2,1-4H3. The Bertz CT molecular complexity index is 1320. The average Bonchev–Trinajstić information content (AvgIpc) is 2.99. The van der Waals surface area contributed by atoms with Crippen LogP contribution in [0, 0.1) is 0 Å². The van der Waals surface area contributed by atoms with Gasteiger partial charge in [0.15, 0.2) is 11.5 Å². The number of carbonyl (C=O) groups is 2. The third-order valence-corrected chi connectivity index (χ3v) is 7.83. The summed E-state index contributed by atoms with van der Waals surface area (Å²) in [5, 5.41) is 0. The van der Waals surface area contributed by atoms with E-state index >= 15 is 0 Å². The van der Waals surface area contributed by atoms with Crippen molar-refractivity contribution in [3.63, 3.8) is 0 Å². The number of hydrogen-bond donors (Lipinski definition) is 0. The van der Waals surface area contributed by atoms with E-state index in [1.807, 2.05) is 35.2 Å². The highest BCUT2D eigenvalue weighted by molar-refractivity contribution is 6.02. The molecule has 0 radical (unpaired) electrons. The van der Waals surface area contributed by atoms with Crippen LogP contribution in [-0.2, 0) is 11.3 Å². The van der Waals surface area contributed by atoms with Gasteiger partial charge in [-0.15, -0.1) is 0 Å². The van der Waals surface area contributed by atoms with Crippen molar-refractivity contribution in [1.29, 1.82) is 0 Å². The Morgan fingerprint density at radius 3 is 2.10 bits per heavy atom. The second kappa shape index (κ2) is 11.4. The Labute approximate surface area is 229 Å². The molecule has 1 fully saturated rings. The molecule has 2 heterocycles. The van der Waals surface area contributed by atoms with Gasteiger partial charge in [-0.1, -0.05) is 42.5 Å². The minimum atomic E-state index is -0.600. The van der Waals surface area contributed by atoms with Gasteiger partial charge in [0.1, 0.15) is 5.75 Å². The fourth-order valence-electron chi connectivity index (χ4n) is 5.70. The Balaban J connectivity index is 1.49. The molecule has 0 saturated carbocycles. The number of ether oxygens (including phenoxy) is 3. The van der Waals surface area contributed by atoms with E-state index in [2.05, 4.69) is 29.2 Å². The van der Waals surface area contributed by atoms with Crippen molar-refractivity contribution in [1.82, 2.24) is 14.7 Å². The van der Waals surface area contributed by atoms with Crippen LogP contribution < -0.4 is 14.2 Å². The SMILES string of the molecule is COc1ccc(C2C(C(=O)N3CCN(Cc4ccccc4)CC3)c3cc(OC)c(OC)cc3C(=O)N2C)cc1. The van der Waals surface area contributed by atoms with Crippen LogP contribution in [0.1, 0.15) is 39.0 Å². The molecule has 8 heteroatoms. The molecular weight excluding hydrogens is 494 g/mol. The topological polar surface area (TPSA) is 71.5 Å². The van der Waals surface area contributed by atoms with Gasteiger partial charge >= 0.3 is 0 Å². The third-order valence-electron chi connectivity index (χ3n) is 7.83. The highest BCUT2D eigenvalue weighted by atomic mass is 16.5. The summed E-state index contributed by atoms with van der Waals surface area (Å²) >= 11 is 0. The molecule has 0 spiro atoms. The summed E-state index contributed by atoms with van der Waals surface area (Å²) in [7, 11) is 6.48. The molecule has 3 aromatic rings. The molecule has 2 atom stereocenters. The van der Waals surface area contributed by atoms with E-state index in [1.54, 1.807) is 45.4 Å². The van der Waals surface area contributed by atoms with Crippen LogP contribution in [0.25, 0.3) is 0 Å². The van der Waals surface area contributed by atoms with Crippen molar-refractivity contribution >= 4 is 11.8 Å². The van der Waals surface area contributed by atoms with Gasteiger partial charge in [-0.2, -0.15) is 0 Å². The second-order valence-corrected chi connectivity index (χ2v) is 9.99. The van der Waals surface area contributed by atoms with Crippen molar-refractivity contribution in [2.75, 3.05) is 54.6 Å². The van der Waals surface area contributed by atoms with Gasteiger partial charge in [-0.3, -0.25) is 14.5 Å². The van der Waals surface area contributed by atoms with E-state index in [9.17, 15) is 9.59 Å². The number of fused-ring (bicyclic) bond motifs is 1. The Hall–Kier alpha value is -4.04. The number of piperazine rings is 1. The summed E-state index contributed by atoms with van der Waals surface area (Å²) in [4.78, 5) is 34.0. The lowest BCUT2D eigenvalue weighted by Crippen LogP contribution is -2.52. The summed E-state index contributed by atoms with van der Waals surface area (Å²) in [5.74, 6) is 0.907. The lowest BCUT2D eigenvalue weighted by Gasteiger charge is -2.43. The van der Waals surface area contributed by atoms with Gasteiger partial charge in [-0.25, -0.2) is 0 Å². The Kier molecular flexibility index (Phi) is 7.74. The molecule has 3 aromatic carbocycles. The number of hydrogen-bond acceptors (Lipinski definition) is 6. The molecule has 2 amide bonds. The number of benzene rings is 3. The van der Waals surface area contributed by atoms with Gasteiger partial charge in [0.2, 0.25) is 5.91 Å². The predicted molar refractivity (Wildman–Crippen MR) is 148 cm³/mol. The number of nitrogens with zero attached hydrogens (tertiary/aromatic N) is 3. The van der Waals surface area contributed by atoms with Crippen LogP contribution in [-0.4, -0.2) is 81.1 Å². The molecule has 0 N–H and O–H groups in total. The smallest absolute Gasteiger partial charge is 0.254 e. The first-order valence-electron chi connectivity index (χ1n) is 13.2. The van der Waals surface area contributed by atoms with E-state index in [4.69, 9.17) is 14.2 Å². The first-order valence-corrected chi connectivity index (χ1v) is 13.2. The van der Waals surface area contributed by atoms with Crippen LogP contribution in [0.15, 0.2) is 66.7 Å². The zero-order chi connectivity index (χ0) is 27.5. The molecule has 8 nitrogen and oxygen atoms in total. The molecule has 2 aliphatic heterocycles. The average molecular weight is 530 g/mol. The number of likely N-dealkylation sites (N-methyl/N-ethyl adjacent to an activating group) is 1. The normalized spacial score (nSPS) is 19.4. The van der Waals surface area contributed by atoms with Crippen molar-refractivity contribution in [3.05, 3.63) is 89.0 Å². The first-order chi connectivity index (χ1) is 18.9. The molecule has 39 heavy (non-hydrogen) atoms. The minimum Gasteiger partial charge on any atom is -0.497 e. The zero-order valence-electron chi connectivity index (χ0n) is 22.9. The Morgan fingerprint density at radius 1 is 0.846 bits per heavy atom. The van der Waals surface area contributed by atoms with E-state index in [1.165, 1.54) is 5.56 Å². The summed E-state index contributed by atoms with van der Waals surface area (Å²) in [6.07, 6.45) is 0. The molecule has 0 aromatic heterocycles. The summed E-state index contributed by atoms with van der Waals surface area (Å²) in [6.45, 7) is 3.68. The first kappa shape index (κ1) is 26.6. The second-order valence-electron chi connectivity index (χ2n) is 9.99. The van der Waals surface area contributed by atoms with E-state index in [-0.39, 0.29) is 11.8 Å². The zero-order valence-corrected chi connectivity index (χ0v) is 22.9. The summed E-state index contributed by atoms with van der Waals surface area (Å²) in [5.41, 5.74) is 3.25. The number of rotatable bonds is 7. The highest BCUT2D eigenvalue weighted by Gasteiger charge is 2.45. The van der Waals surface area contributed by atoms with Crippen molar-refractivity contribution in [2.24, 2.45) is 0 Å².